The van der Waals surface area contributed by atoms with Crippen LogP contribution in [0.3, 0.4) is 0 Å². The molecule has 0 radical (unpaired) electrons. The number of hydrogen-bond acceptors (Lipinski definition) is 2. The molecule has 1 atom stereocenters. The molecule has 1 aliphatic carbocycles. The Labute approximate surface area is 129 Å². The molecule has 1 unspecified atom stereocenters. The smallest absolute Gasteiger partial charge is 0.0207 e. The molecule has 0 spiro atoms. The third-order valence-electron chi connectivity index (χ3n) is 5.76. The minimum Gasteiger partial charge on any atom is -0.312 e. The Morgan fingerprint density at radius 2 is 2.05 bits per heavy atom. The first kappa shape index (κ1) is 15.1. The molecule has 1 aromatic carbocycles. The van der Waals surface area contributed by atoms with Gasteiger partial charge in [0.1, 0.15) is 0 Å². The lowest BCUT2D eigenvalue weighted by Gasteiger charge is -2.42. The molecule has 1 aromatic rings. The van der Waals surface area contributed by atoms with Crippen molar-refractivity contribution in [1.82, 2.24) is 10.2 Å². The fourth-order valence-electron chi connectivity index (χ4n) is 3.83. The molecule has 2 heteroatoms. The number of rotatable bonds is 7. The van der Waals surface area contributed by atoms with Crippen molar-refractivity contribution >= 4 is 0 Å². The van der Waals surface area contributed by atoms with Gasteiger partial charge >= 0.3 is 0 Å². The van der Waals surface area contributed by atoms with Crippen LogP contribution in [0.4, 0.5) is 0 Å². The van der Waals surface area contributed by atoms with Crippen molar-refractivity contribution in [3.63, 3.8) is 0 Å². The van der Waals surface area contributed by atoms with Gasteiger partial charge in [0.2, 0.25) is 0 Å². The first-order chi connectivity index (χ1) is 10.3. The average Bonchev–Trinajstić information content (AvgIpc) is 2.94. The molecule has 1 aliphatic heterocycles. The van der Waals surface area contributed by atoms with Crippen LogP contribution in [0.1, 0.15) is 44.6 Å². The lowest BCUT2D eigenvalue weighted by atomic mass is 9.67. The zero-order chi connectivity index (χ0) is 14.5. The fourth-order valence-corrected chi connectivity index (χ4v) is 3.83. The van der Waals surface area contributed by atoms with Gasteiger partial charge in [-0.25, -0.2) is 0 Å². The van der Waals surface area contributed by atoms with E-state index in [2.05, 4.69) is 47.5 Å². The molecule has 1 saturated carbocycles. The van der Waals surface area contributed by atoms with Crippen LogP contribution in [0.15, 0.2) is 30.3 Å². The number of nitrogens with zero attached hydrogens (tertiary/aromatic N) is 1. The lowest BCUT2D eigenvalue weighted by molar-refractivity contribution is 0.119. The molecule has 0 bridgehead atoms. The fraction of sp³-hybridized carbons (Fsp3) is 0.684. The van der Waals surface area contributed by atoms with E-state index in [4.69, 9.17) is 0 Å². The molecule has 116 valence electrons. The highest BCUT2D eigenvalue weighted by atomic mass is 15.2. The summed E-state index contributed by atoms with van der Waals surface area (Å²) in [6.07, 6.45) is 8.21. The van der Waals surface area contributed by atoms with Gasteiger partial charge in [-0.3, -0.25) is 0 Å². The molecule has 0 aromatic heterocycles. The lowest BCUT2D eigenvalue weighted by Crippen LogP contribution is -2.44. The summed E-state index contributed by atoms with van der Waals surface area (Å²) in [6, 6.07) is 11.6. The van der Waals surface area contributed by atoms with Crippen LogP contribution < -0.4 is 5.32 Å². The zero-order valence-corrected chi connectivity index (χ0v) is 13.5. The monoisotopic (exact) mass is 286 g/mol. The summed E-state index contributed by atoms with van der Waals surface area (Å²) < 4.78 is 0. The third-order valence-corrected chi connectivity index (χ3v) is 5.76. The van der Waals surface area contributed by atoms with Gasteiger partial charge in [0.25, 0.3) is 0 Å². The standard InChI is InChI=1S/C19H30N2/c1-2-19(11-6-12-19)16-20-18-10-14-21(15-18)13-9-17-7-4-3-5-8-17/h3-5,7-8,18,20H,2,6,9-16H2,1H3. The van der Waals surface area contributed by atoms with Gasteiger partial charge in [0, 0.05) is 25.7 Å². The van der Waals surface area contributed by atoms with E-state index in [0.29, 0.717) is 5.41 Å². The second-order valence-corrected chi connectivity index (χ2v) is 7.11. The molecule has 2 fully saturated rings. The van der Waals surface area contributed by atoms with E-state index in [0.717, 1.165) is 6.04 Å². The van der Waals surface area contributed by atoms with E-state index in [-0.39, 0.29) is 0 Å². The quantitative estimate of drug-likeness (QED) is 0.825. The molecule has 1 heterocycles. The molecular formula is C19H30N2. The Balaban J connectivity index is 1.37. The summed E-state index contributed by atoms with van der Waals surface area (Å²) in [6.45, 7) is 7.33. The number of hydrogen-bond donors (Lipinski definition) is 1. The van der Waals surface area contributed by atoms with Crippen molar-refractivity contribution < 1.29 is 0 Å². The maximum Gasteiger partial charge on any atom is 0.0207 e. The minimum absolute atomic E-state index is 0.650. The van der Waals surface area contributed by atoms with Crippen LogP contribution in [0, 0.1) is 5.41 Å². The van der Waals surface area contributed by atoms with Crippen LogP contribution in [0.25, 0.3) is 0 Å². The first-order valence-corrected chi connectivity index (χ1v) is 8.79. The van der Waals surface area contributed by atoms with Gasteiger partial charge < -0.3 is 10.2 Å². The second-order valence-electron chi connectivity index (χ2n) is 7.11. The number of benzene rings is 1. The minimum atomic E-state index is 0.650. The summed E-state index contributed by atoms with van der Waals surface area (Å²) in [5.74, 6) is 0. The summed E-state index contributed by atoms with van der Waals surface area (Å²) in [5.41, 5.74) is 2.12. The normalized spacial score (nSPS) is 24.9. The van der Waals surface area contributed by atoms with Gasteiger partial charge in [0.05, 0.1) is 0 Å². The summed E-state index contributed by atoms with van der Waals surface area (Å²) in [5, 5.41) is 3.86. The van der Waals surface area contributed by atoms with E-state index < -0.39 is 0 Å². The summed E-state index contributed by atoms with van der Waals surface area (Å²) in [7, 11) is 0. The van der Waals surface area contributed by atoms with Gasteiger partial charge in [-0.15, -0.1) is 0 Å². The second kappa shape index (κ2) is 6.93. The number of nitrogens with one attached hydrogen (secondary N) is 1. The molecule has 0 amide bonds. The topological polar surface area (TPSA) is 15.3 Å². The summed E-state index contributed by atoms with van der Waals surface area (Å²) in [4.78, 5) is 2.63. The predicted molar refractivity (Wildman–Crippen MR) is 89.6 cm³/mol. The molecule has 21 heavy (non-hydrogen) atoms. The number of likely N-dealkylation sites (tertiary alicyclic amines) is 1. The predicted octanol–water partition coefficient (Wildman–Crippen LogP) is 3.47. The van der Waals surface area contributed by atoms with E-state index in [1.807, 2.05) is 0 Å². The Morgan fingerprint density at radius 3 is 2.71 bits per heavy atom. The van der Waals surface area contributed by atoms with Crippen molar-refractivity contribution in [2.75, 3.05) is 26.2 Å². The van der Waals surface area contributed by atoms with E-state index in [9.17, 15) is 0 Å². The zero-order valence-electron chi connectivity index (χ0n) is 13.5. The summed E-state index contributed by atoms with van der Waals surface area (Å²) >= 11 is 0. The Kier molecular flexibility index (Phi) is 4.97. The van der Waals surface area contributed by atoms with Gasteiger partial charge in [0.15, 0.2) is 0 Å². The maximum atomic E-state index is 3.86. The SMILES string of the molecule is CCC1(CNC2CCN(CCc3ccccc3)C2)CCC1. The van der Waals surface area contributed by atoms with Crippen molar-refractivity contribution in [3.05, 3.63) is 35.9 Å². The third kappa shape index (κ3) is 3.87. The molecule has 1 N–H and O–H groups in total. The molecule has 3 rings (SSSR count). The largest absolute Gasteiger partial charge is 0.312 e. The van der Waals surface area contributed by atoms with Gasteiger partial charge in [-0.2, -0.15) is 0 Å². The highest BCUT2D eigenvalue weighted by Crippen LogP contribution is 2.43. The van der Waals surface area contributed by atoms with Gasteiger partial charge in [-0.1, -0.05) is 43.7 Å². The first-order valence-electron chi connectivity index (χ1n) is 8.79. The molecule has 1 saturated heterocycles. The van der Waals surface area contributed by atoms with Crippen LogP contribution in [-0.2, 0) is 6.42 Å². The highest BCUT2D eigenvalue weighted by molar-refractivity contribution is 5.14. The Bertz CT molecular complexity index is 419. The highest BCUT2D eigenvalue weighted by Gasteiger charge is 2.35. The van der Waals surface area contributed by atoms with Crippen molar-refractivity contribution in [2.24, 2.45) is 5.41 Å². The average molecular weight is 286 g/mol. The van der Waals surface area contributed by atoms with Crippen LogP contribution in [0.2, 0.25) is 0 Å². The Morgan fingerprint density at radius 1 is 1.24 bits per heavy atom. The van der Waals surface area contributed by atoms with E-state index in [1.165, 1.54) is 70.3 Å². The van der Waals surface area contributed by atoms with Crippen LogP contribution in [-0.4, -0.2) is 37.1 Å². The molecular weight excluding hydrogens is 256 g/mol. The maximum absolute atomic E-state index is 3.86. The van der Waals surface area contributed by atoms with Gasteiger partial charge in [-0.05, 0) is 49.6 Å². The van der Waals surface area contributed by atoms with E-state index in [1.54, 1.807) is 0 Å². The van der Waals surface area contributed by atoms with Crippen LogP contribution in [0.5, 0.6) is 0 Å². The van der Waals surface area contributed by atoms with Crippen molar-refractivity contribution in [2.45, 2.75) is 51.5 Å². The van der Waals surface area contributed by atoms with Crippen molar-refractivity contribution in [1.29, 1.82) is 0 Å². The van der Waals surface area contributed by atoms with E-state index >= 15 is 0 Å². The van der Waals surface area contributed by atoms with Crippen molar-refractivity contribution in [3.8, 4) is 0 Å². The van der Waals surface area contributed by atoms with Crippen LogP contribution >= 0.6 is 0 Å². The molecule has 2 nitrogen and oxygen atoms in total. The molecule has 2 aliphatic rings. The Hall–Kier alpha value is -0.860.